The van der Waals surface area contributed by atoms with E-state index in [1.807, 2.05) is 12.1 Å². The highest BCUT2D eigenvalue weighted by Gasteiger charge is 2.32. The van der Waals surface area contributed by atoms with E-state index in [-0.39, 0.29) is 11.8 Å². The minimum absolute atomic E-state index is 0.179. The molecule has 0 spiro atoms. The fourth-order valence-electron chi connectivity index (χ4n) is 3.04. The van der Waals surface area contributed by atoms with Crippen LogP contribution >= 0.6 is 0 Å². The fraction of sp³-hybridized carbons (Fsp3) is 0.562. The van der Waals surface area contributed by atoms with Crippen LogP contribution in [0.1, 0.15) is 30.4 Å². The molecule has 0 aliphatic heterocycles. The molecule has 2 unspecified atom stereocenters. The number of hydrogen-bond acceptors (Lipinski definition) is 3. The average Bonchev–Trinajstić information content (AvgIpc) is 2.87. The summed E-state index contributed by atoms with van der Waals surface area (Å²) in [6.07, 6.45) is 2.85. The van der Waals surface area contributed by atoms with E-state index in [2.05, 4.69) is 18.3 Å². The van der Waals surface area contributed by atoms with Gasteiger partial charge in [0.15, 0.2) is 0 Å². The molecule has 20 heavy (non-hydrogen) atoms. The van der Waals surface area contributed by atoms with E-state index >= 15 is 0 Å². The molecular weight excluding hydrogens is 254 g/mol. The second-order valence-corrected chi connectivity index (χ2v) is 5.58. The van der Waals surface area contributed by atoms with Crippen LogP contribution in [0.25, 0.3) is 0 Å². The summed E-state index contributed by atoms with van der Waals surface area (Å²) in [5.41, 5.74) is 2.32. The zero-order valence-electron chi connectivity index (χ0n) is 12.2. The second-order valence-electron chi connectivity index (χ2n) is 5.58. The molecule has 110 valence electrons. The van der Waals surface area contributed by atoms with Gasteiger partial charge in [-0.3, -0.25) is 4.79 Å². The maximum atomic E-state index is 11.1. The molecule has 0 aromatic heterocycles. The number of benzene rings is 1. The third-order valence-electron chi connectivity index (χ3n) is 4.13. The Hall–Kier alpha value is -1.55. The highest BCUT2D eigenvalue weighted by molar-refractivity contribution is 5.70. The van der Waals surface area contributed by atoms with E-state index in [0.717, 1.165) is 37.1 Å². The van der Waals surface area contributed by atoms with Crippen molar-refractivity contribution in [3.63, 3.8) is 0 Å². The van der Waals surface area contributed by atoms with E-state index in [4.69, 9.17) is 4.74 Å². The van der Waals surface area contributed by atoms with Crippen molar-refractivity contribution in [1.82, 2.24) is 5.32 Å². The Morgan fingerprint density at radius 2 is 2.25 bits per heavy atom. The van der Waals surface area contributed by atoms with Gasteiger partial charge < -0.3 is 15.2 Å². The van der Waals surface area contributed by atoms with Gasteiger partial charge in [0.25, 0.3) is 0 Å². The van der Waals surface area contributed by atoms with Crippen molar-refractivity contribution < 1.29 is 14.6 Å². The summed E-state index contributed by atoms with van der Waals surface area (Å²) in [5, 5.41) is 12.6. The number of carboxylic acid groups (broad SMARTS) is 1. The summed E-state index contributed by atoms with van der Waals surface area (Å²) in [6, 6.07) is 6.11. The van der Waals surface area contributed by atoms with Gasteiger partial charge in [0.05, 0.1) is 13.0 Å². The smallest absolute Gasteiger partial charge is 0.306 e. The number of hydrogen-bond donors (Lipinski definition) is 2. The second kappa shape index (κ2) is 6.75. The van der Waals surface area contributed by atoms with E-state index < -0.39 is 5.97 Å². The molecule has 1 saturated carbocycles. The van der Waals surface area contributed by atoms with Crippen LogP contribution < -0.4 is 10.1 Å². The van der Waals surface area contributed by atoms with Crippen LogP contribution in [0.3, 0.4) is 0 Å². The number of carbonyl (C=O) groups is 1. The molecule has 2 rings (SSSR count). The monoisotopic (exact) mass is 277 g/mol. The van der Waals surface area contributed by atoms with Gasteiger partial charge >= 0.3 is 5.97 Å². The molecule has 0 heterocycles. The third kappa shape index (κ3) is 3.51. The number of nitrogens with one attached hydrogen (secondary N) is 1. The molecule has 0 radical (unpaired) electrons. The van der Waals surface area contributed by atoms with Crippen molar-refractivity contribution in [2.45, 2.75) is 32.7 Å². The van der Waals surface area contributed by atoms with Crippen molar-refractivity contribution in [3.05, 3.63) is 29.3 Å². The topological polar surface area (TPSA) is 58.6 Å². The largest absolute Gasteiger partial charge is 0.496 e. The lowest BCUT2D eigenvalue weighted by molar-refractivity contribution is -0.142. The normalized spacial score (nSPS) is 21.9. The van der Waals surface area contributed by atoms with E-state index in [9.17, 15) is 9.90 Å². The van der Waals surface area contributed by atoms with Gasteiger partial charge in [0.1, 0.15) is 5.75 Å². The van der Waals surface area contributed by atoms with Gasteiger partial charge in [0, 0.05) is 12.1 Å². The summed E-state index contributed by atoms with van der Waals surface area (Å²) < 4.78 is 5.35. The zero-order chi connectivity index (χ0) is 14.5. The number of aryl methyl sites for hydroxylation is 1. The molecule has 1 aromatic carbocycles. The maximum Gasteiger partial charge on any atom is 0.306 e. The Morgan fingerprint density at radius 3 is 2.95 bits per heavy atom. The van der Waals surface area contributed by atoms with Gasteiger partial charge in [-0.25, -0.2) is 0 Å². The summed E-state index contributed by atoms with van der Waals surface area (Å²) in [7, 11) is 1.67. The molecule has 2 N–H and O–H groups in total. The van der Waals surface area contributed by atoms with Gasteiger partial charge in [-0.15, -0.1) is 0 Å². The Bertz CT molecular complexity index is 473. The Labute approximate surface area is 120 Å². The predicted octanol–water partition coefficient (Wildman–Crippen LogP) is 2.59. The van der Waals surface area contributed by atoms with E-state index in [1.165, 1.54) is 5.56 Å². The quantitative estimate of drug-likeness (QED) is 0.839. The number of aliphatic carboxylic acids is 1. The molecule has 1 aliphatic carbocycles. The molecule has 1 fully saturated rings. The summed E-state index contributed by atoms with van der Waals surface area (Å²) >= 11 is 0. The van der Waals surface area contributed by atoms with Crippen molar-refractivity contribution in [1.29, 1.82) is 0 Å². The van der Waals surface area contributed by atoms with Gasteiger partial charge in [-0.2, -0.15) is 0 Å². The third-order valence-corrected chi connectivity index (χ3v) is 4.13. The summed E-state index contributed by atoms with van der Waals surface area (Å²) in [6.45, 7) is 3.53. The number of ether oxygens (including phenoxy) is 1. The lowest BCUT2D eigenvalue weighted by atomic mass is 9.96. The van der Waals surface area contributed by atoms with Crippen LogP contribution in [-0.2, 0) is 11.3 Å². The van der Waals surface area contributed by atoms with Crippen molar-refractivity contribution in [2.24, 2.45) is 11.8 Å². The predicted molar refractivity (Wildman–Crippen MR) is 77.9 cm³/mol. The minimum atomic E-state index is -0.651. The summed E-state index contributed by atoms with van der Waals surface area (Å²) in [4.78, 5) is 11.1. The van der Waals surface area contributed by atoms with E-state index in [0.29, 0.717) is 6.54 Å². The van der Waals surface area contributed by atoms with Crippen LogP contribution in [0, 0.1) is 18.8 Å². The molecule has 0 saturated heterocycles. The van der Waals surface area contributed by atoms with Crippen molar-refractivity contribution >= 4 is 5.97 Å². The van der Waals surface area contributed by atoms with Crippen LogP contribution in [0.4, 0.5) is 0 Å². The van der Waals surface area contributed by atoms with Crippen molar-refractivity contribution in [2.75, 3.05) is 13.7 Å². The van der Waals surface area contributed by atoms with Crippen LogP contribution in [0.15, 0.2) is 18.2 Å². The Balaban J connectivity index is 1.90. The number of carboxylic acids is 1. The van der Waals surface area contributed by atoms with Crippen LogP contribution in [0.5, 0.6) is 5.75 Å². The first-order valence-corrected chi connectivity index (χ1v) is 7.19. The van der Waals surface area contributed by atoms with Crippen LogP contribution in [-0.4, -0.2) is 24.7 Å². The summed E-state index contributed by atoms with van der Waals surface area (Å²) in [5.74, 6) is 0.303. The Kier molecular flexibility index (Phi) is 5.01. The molecular formula is C16H23NO3. The van der Waals surface area contributed by atoms with E-state index in [1.54, 1.807) is 7.11 Å². The first-order valence-electron chi connectivity index (χ1n) is 7.19. The Morgan fingerprint density at radius 1 is 1.45 bits per heavy atom. The number of rotatable bonds is 6. The first-order chi connectivity index (χ1) is 9.61. The SMILES string of the molecule is COc1ccc(C)cc1CNCC1CCCC1C(=O)O. The molecule has 2 atom stereocenters. The first kappa shape index (κ1) is 14.9. The lowest BCUT2D eigenvalue weighted by Crippen LogP contribution is -2.28. The number of methoxy groups -OCH3 is 1. The molecule has 1 aromatic rings. The van der Waals surface area contributed by atoms with Gasteiger partial charge in [-0.05, 0) is 38.3 Å². The lowest BCUT2D eigenvalue weighted by Gasteiger charge is -2.17. The highest BCUT2D eigenvalue weighted by Crippen LogP contribution is 2.31. The van der Waals surface area contributed by atoms with Crippen molar-refractivity contribution in [3.8, 4) is 5.75 Å². The van der Waals surface area contributed by atoms with Crippen LogP contribution in [0.2, 0.25) is 0 Å². The molecule has 4 heteroatoms. The molecule has 1 aliphatic rings. The molecule has 4 nitrogen and oxygen atoms in total. The fourth-order valence-corrected chi connectivity index (χ4v) is 3.04. The maximum absolute atomic E-state index is 11.1. The van der Waals surface area contributed by atoms with Gasteiger partial charge in [-0.1, -0.05) is 24.1 Å². The standard InChI is InChI=1S/C16H23NO3/c1-11-6-7-15(20-2)13(8-11)10-17-9-12-4-3-5-14(12)16(18)19/h6-8,12,14,17H,3-5,9-10H2,1-2H3,(H,18,19). The molecule has 0 amide bonds. The molecule has 0 bridgehead atoms. The van der Waals surface area contributed by atoms with Gasteiger partial charge in [0.2, 0.25) is 0 Å². The zero-order valence-corrected chi connectivity index (χ0v) is 12.2. The minimum Gasteiger partial charge on any atom is -0.496 e. The highest BCUT2D eigenvalue weighted by atomic mass is 16.5. The average molecular weight is 277 g/mol.